The number of carbonyl (C=O) groups is 2. The molecular formula is C38H45N3O4S. The van der Waals surface area contributed by atoms with Crippen LogP contribution in [0.25, 0.3) is 0 Å². The van der Waals surface area contributed by atoms with Gasteiger partial charge in [0, 0.05) is 19.5 Å². The van der Waals surface area contributed by atoms with E-state index in [4.69, 9.17) is 0 Å². The Labute approximate surface area is 274 Å². The number of anilines is 1. The van der Waals surface area contributed by atoms with Gasteiger partial charge in [-0.2, -0.15) is 0 Å². The molecule has 0 aromatic heterocycles. The number of benzene rings is 4. The van der Waals surface area contributed by atoms with Crippen LogP contribution in [0.3, 0.4) is 0 Å². The molecule has 4 rings (SSSR count). The average Bonchev–Trinajstić information content (AvgIpc) is 3.02. The summed E-state index contributed by atoms with van der Waals surface area (Å²) in [6.07, 6.45) is 2.01. The number of sulfonamides is 1. The predicted octanol–water partition coefficient (Wildman–Crippen LogP) is 6.67. The fraction of sp³-hybridized carbons (Fsp3) is 0.316. The number of hydrogen-bond acceptors (Lipinski definition) is 4. The average molecular weight is 640 g/mol. The molecule has 8 heteroatoms. The minimum Gasteiger partial charge on any atom is -0.354 e. The zero-order valence-corrected chi connectivity index (χ0v) is 28.3. The molecule has 0 radical (unpaired) electrons. The Morgan fingerprint density at radius 1 is 0.783 bits per heavy atom. The van der Waals surface area contributed by atoms with E-state index in [2.05, 4.69) is 12.2 Å². The van der Waals surface area contributed by atoms with Gasteiger partial charge in [0.1, 0.15) is 12.6 Å². The summed E-state index contributed by atoms with van der Waals surface area (Å²) in [5, 5.41) is 3.04. The Hall–Kier alpha value is -4.43. The number of unbranched alkanes of at least 4 members (excludes halogenated alkanes) is 1. The van der Waals surface area contributed by atoms with Crippen molar-refractivity contribution < 1.29 is 18.0 Å². The van der Waals surface area contributed by atoms with Crippen LogP contribution in [0.4, 0.5) is 5.69 Å². The minimum atomic E-state index is -4.15. The molecule has 242 valence electrons. The summed E-state index contributed by atoms with van der Waals surface area (Å²) in [6, 6.07) is 28.6. The lowest BCUT2D eigenvalue weighted by Gasteiger charge is -2.34. The molecule has 0 spiro atoms. The van der Waals surface area contributed by atoms with Crippen LogP contribution >= 0.6 is 0 Å². The summed E-state index contributed by atoms with van der Waals surface area (Å²) in [5.41, 5.74) is 5.84. The first kappa shape index (κ1) is 34.4. The number of hydrogen-bond donors (Lipinski definition) is 1. The molecule has 0 bridgehead atoms. The van der Waals surface area contributed by atoms with Gasteiger partial charge in [-0.3, -0.25) is 13.9 Å². The van der Waals surface area contributed by atoms with E-state index in [1.807, 2.05) is 88.4 Å². The Morgan fingerprint density at radius 3 is 2.04 bits per heavy atom. The fourth-order valence-electron chi connectivity index (χ4n) is 5.49. The summed E-state index contributed by atoms with van der Waals surface area (Å²) in [5.74, 6) is -0.733. The third-order valence-corrected chi connectivity index (χ3v) is 9.87. The Kier molecular flexibility index (Phi) is 11.8. The van der Waals surface area contributed by atoms with Crippen molar-refractivity contribution in [3.05, 3.63) is 130 Å². The van der Waals surface area contributed by atoms with Crippen LogP contribution < -0.4 is 9.62 Å². The van der Waals surface area contributed by atoms with Gasteiger partial charge in [0.15, 0.2) is 0 Å². The normalized spacial score (nSPS) is 11.9. The molecule has 0 fully saturated rings. The van der Waals surface area contributed by atoms with Crippen molar-refractivity contribution in [2.24, 2.45) is 0 Å². The van der Waals surface area contributed by atoms with E-state index in [9.17, 15) is 18.0 Å². The van der Waals surface area contributed by atoms with Crippen LogP contribution in [0.1, 0.15) is 53.1 Å². The van der Waals surface area contributed by atoms with Crippen molar-refractivity contribution >= 4 is 27.5 Å². The maximum absolute atomic E-state index is 14.7. The lowest BCUT2D eigenvalue weighted by molar-refractivity contribution is -0.140. The topological polar surface area (TPSA) is 86.8 Å². The van der Waals surface area contributed by atoms with E-state index in [1.54, 1.807) is 41.3 Å². The number of amides is 2. The number of nitrogens with one attached hydrogen (secondary N) is 1. The monoisotopic (exact) mass is 639 g/mol. The van der Waals surface area contributed by atoms with Gasteiger partial charge in [-0.1, -0.05) is 91.7 Å². The molecule has 1 N–H and O–H groups in total. The molecule has 2 amide bonds. The number of rotatable bonds is 14. The van der Waals surface area contributed by atoms with Crippen LogP contribution in [-0.2, 0) is 32.6 Å². The highest BCUT2D eigenvalue weighted by molar-refractivity contribution is 7.92. The summed E-state index contributed by atoms with van der Waals surface area (Å²) < 4.78 is 29.7. The summed E-state index contributed by atoms with van der Waals surface area (Å²) in [4.78, 5) is 30.2. The molecule has 0 aliphatic rings. The van der Waals surface area contributed by atoms with Gasteiger partial charge in [-0.05, 0) is 86.2 Å². The maximum Gasteiger partial charge on any atom is 0.264 e. The summed E-state index contributed by atoms with van der Waals surface area (Å²) in [6.45, 7) is 9.87. The zero-order chi connectivity index (χ0) is 33.3. The van der Waals surface area contributed by atoms with E-state index < -0.39 is 28.5 Å². The first-order valence-corrected chi connectivity index (χ1v) is 17.3. The second-order valence-corrected chi connectivity index (χ2v) is 13.8. The Morgan fingerprint density at radius 2 is 1.41 bits per heavy atom. The van der Waals surface area contributed by atoms with Gasteiger partial charge < -0.3 is 10.2 Å². The van der Waals surface area contributed by atoms with Crippen LogP contribution in [0, 0.1) is 27.7 Å². The lowest BCUT2D eigenvalue weighted by Crippen LogP contribution is -2.53. The van der Waals surface area contributed by atoms with Crippen LogP contribution in [-0.4, -0.2) is 44.3 Å². The van der Waals surface area contributed by atoms with E-state index in [1.165, 1.54) is 4.31 Å². The SMILES string of the molecule is CCCCNC(=O)C(Cc1ccccc1)N(Cc1ccccc1C)C(=O)CN(c1cc(C)cc(C)c1)S(=O)(=O)c1ccc(C)cc1. The van der Waals surface area contributed by atoms with Crippen molar-refractivity contribution in [2.75, 3.05) is 17.4 Å². The highest BCUT2D eigenvalue weighted by Crippen LogP contribution is 2.27. The van der Waals surface area contributed by atoms with Gasteiger partial charge in [-0.15, -0.1) is 0 Å². The highest BCUT2D eigenvalue weighted by atomic mass is 32.2. The zero-order valence-electron chi connectivity index (χ0n) is 27.5. The standard InChI is InChI=1S/C38H45N3O4S/c1-6-7-21-39-38(43)36(25-32-14-9-8-10-15-32)40(26-33-16-12-11-13-31(33)5)37(42)27-41(34-23-29(3)22-30(4)24-34)46(44,45)35-19-17-28(2)18-20-35/h8-20,22-24,36H,6-7,21,25-27H2,1-5H3,(H,39,43). The quantitative estimate of drug-likeness (QED) is 0.156. The highest BCUT2D eigenvalue weighted by Gasteiger charge is 2.35. The number of nitrogens with zero attached hydrogens (tertiary/aromatic N) is 2. The van der Waals surface area contributed by atoms with E-state index in [0.29, 0.717) is 12.2 Å². The third kappa shape index (κ3) is 8.85. The van der Waals surface area contributed by atoms with Gasteiger partial charge in [-0.25, -0.2) is 8.42 Å². The molecule has 1 atom stereocenters. The largest absolute Gasteiger partial charge is 0.354 e. The van der Waals surface area contributed by atoms with Gasteiger partial charge in [0.25, 0.3) is 10.0 Å². The predicted molar refractivity (Wildman–Crippen MR) is 185 cm³/mol. The third-order valence-electron chi connectivity index (χ3n) is 8.08. The molecule has 46 heavy (non-hydrogen) atoms. The van der Waals surface area contributed by atoms with E-state index in [0.717, 1.165) is 46.2 Å². The fourth-order valence-corrected chi connectivity index (χ4v) is 6.89. The molecular weight excluding hydrogens is 595 g/mol. The summed E-state index contributed by atoms with van der Waals surface area (Å²) in [7, 11) is -4.15. The maximum atomic E-state index is 14.7. The molecule has 0 aliphatic heterocycles. The number of carbonyl (C=O) groups excluding carboxylic acids is 2. The second-order valence-electron chi connectivity index (χ2n) is 12.0. The van der Waals surface area contributed by atoms with Crippen LogP contribution in [0.5, 0.6) is 0 Å². The van der Waals surface area contributed by atoms with Gasteiger partial charge in [0.05, 0.1) is 10.6 Å². The first-order valence-electron chi connectivity index (χ1n) is 15.8. The molecule has 0 saturated carbocycles. The molecule has 0 heterocycles. The first-order chi connectivity index (χ1) is 22.0. The van der Waals surface area contributed by atoms with E-state index in [-0.39, 0.29) is 23.8 Å². The molecule has 0 saturated heterocycles. The van der Waals surface area contributed by atoms with Crippen molar-refractivity contribution in [3.8, 4) is 0 Å². The molecule has 7 nitrogen and oxygen atoms in total. The Bertz CT molecular complexity index is 1720. The number of aryl methyl sites for hydroxylation is 4. The van der Waals surface area contributed by atoms with Crippen molar-refractivity contribution in [1.29, 1.82) is 0 Å². The molecule has 1 unspecified atom stereocenters. The lowest BCUT2D eigenvalue weighted by atomic mass is 10.0. The molecule has 0 aliphatic carbocycles. The van der Waals surface area contributed by atoms with Crippen molar-refractivity contribution in [2.45, 2.75) is 71.4 Å². The van der Waals surface area contributed by atoms with Crippen molar-refractivity contribution in [1.82, 2.24) is 10.2 Å². The van der Waals surface area contributed by atoms with Gasteiger partial charge in [0.2, 0.25) is 11.8 Å². The smallest absolute Gasteiger partial charge is 0.264 e. The minimum absolute atomic E-state index is 0.0913. The molecule has 4 aromatic rings. The van der Waals surface area contributed by atoms with Crippen molar-refractivity contribution in [3.63, 3.8) is 0 Å². The Balaban J connectivity index is 1.82. The second kappa shape index (κ2) is 15.7. The van der Waals surface area contributed by atoms with E-state index >= 15 is 0 Å². The van der Waals surface area contributed by atoms with Gasteiger partial charge >= 0.3 is 0 Å². The van der Waals surface area contributed by atoms with Crippen LogP contribution in [0.2, 0.25) is 0 Å². The van der Waals surface area contributed by atoms with Crippen LogP contribution in [0.15, 0.2) is 102 Å². The molecule has 4 aromatic carbocycles. The summed E-state index contributed by atoms with van der Waals surface area (Å²) >= 11 is 0.